The molecule has 9 heteroatoms. The summed E-state index contributed by atoms with van der Waals surface area (Å²) < 4.78 is 47.9. The van der Waals surface area contributed by atoms with Gasteiger partial charge in [-0.05, 0) is 86.0 Å². The highest BCUT2D eigenvalue weighted by Gasteiger charge is 2.26. The third-order valence-corrected chi connectivity index (χ3v) is 6.08. The Morgan fingerprint density at radius 2 is 1.48 bits per heavy atom. The maximum Gasteiger partial charge on any atom is 0.389 e. The molecular formula is C31H29F3N2O4. The van der Waals surface area contributed by atoms with Crippen molar-refractivity contribution in [1.82, 2.24) is 4.98 Å². The molecule has 0 aliphatic carbocycles. The lowest BCUT2D eigenvalue weighted by molar-refractivity contribution is -0.136. The lowest BCUT2D eigenvalue weighted by atomic mass is 9.97. The number of ether oxygens (including phenoxy) is 2. The van der Waals surface area contributed by atoms with E-state index in [1.54, 1.807) is 54.6 Å². The Morgan fingerprint density at radius 1 is 0.875 bits per heavy atom. The third kappa shape index (κ3) is 7.53. The molecule has 0 saturated carbocycles. The Labute approximate surface area is 229 Å². The SMILES string of the molecule is CCOc1ccc(NC(=O)c2c(-c3ccc(C)cc3)cc(-c3ccc(OCCCC(F)(F)F)cc3)[nH]c2=O)cc1. The minimum atomic E-state index is -4.22. The van der Waals surface area contributed by atoms with Crippen molar-refractivity contribution in [2.45, 2.75) is 32.9 Å². The van der Waals surface area contributed by atoms with E-state index in [1.165, 1.54) is 0 Å². The molecule has 40 heavy (non-hydrogen) atoms. The summed E-state index contributed by atoms with van der Waals surface area (Å²) in [5, 5.41) is 2.79. The topological polar surface area (TPSA) is 80.4 Å². The molecule has 0 spiro atoms. The van der Waals surface area contributed by atoms with Gasteiger partial charge < -0.3 is 19.8 Å². The second-order valence-corrected chi connectivity index (χ2v) is 9.17. The normalized spacial score (nSPS) is 11.2. The van der Waals surface area contributed by atoms with Crippen molar-refractivity contribution < 1.29 is 27.4 Å². The van der Waals surface area contributed by atoms with Crippen LogP contribution in [0.5, 0.6) is 11.5 Å². The van der Waals surface area contributed by atoms with Crippen molar-refractivity contribution >= 4 is 11.6 Å². The number of hydrogen-bond donors (Lipinski definition) is 2. The Morgan fingerprint density at radius 3 is 2.10 bits per heavy atom. The number of anilines is 1. The van der Waals surface area contributed by atoms with Crippen molar-refractivity contribution in [3.05, 3.63) is 100 Å². The van der Waals surface area contributed by atoms with Crippen LogP contribution < -0.4 is 20.3 Å². The quantitative estimate of drug-likeness (QED) is 0.202. The lowest BCUT2D eigenvalue weighted by Crippen LogP contribution is -2.25. The predicted molar refractivity (Wildman–Crippen MR) is 149 cm³/mol. The average molecular weight is 551 g/mol. The van der Waals surface area contributed by atoms with Gasteiger partial charge in [0.1, 0.15) is 17.1 Å². The van der Waals surface area contributed by atoms with E-state index in [0.717, 1.165) is 5.56 Å². The first-order valence-electron chi connectivity index (χ1n) is 12.8. The van der Waals surface area contributed by atoms with E-state index >= 15 is 0 Å². The molecule has 0 radical (unpaired) electrons. The number of pyridine rings is 1. The molecule has 1 heterocycles. The summed E-state index contributed by atoms with van der Waals surface area (Å²) in [7, 11) is 0. The van der Waals surface area contributed by atoms with Gasteiger partial charge in [-0.1, -0.05) is 29.8 Å². The summed E-state index contributed by atoms with van der Waals surface area (Å²) in [6.45, 7) is 4.28. The molecule has 0 fully saturated rings. The average Bonchev–Trinajstić information content (AvgIpc) is 2.92. The molecule has 2 N–H and O–H groups in total. The van der Waals surface area contributed by atoms with E-state index in [2.05, 4.69) is 10.3 Å². The van der Waals surface area contributed by atoms with Gasteiger partial charge in [0.05, 0.1) is 13.2 Å². The zero-order valence-electron chi connectivity index (χ0n) is 22.1. The van der Waals surface area contributed by atoms with Crippen LogP contribution in [0.4, 0.5) is 18.9 Å². The summed E-state index contributed by atoms with van der Waals surface area (Å²) in [4.78, 5) is 29.4. The number of benzene rings is 3. The van der Waals surface area contributed by atoms with Crippen LogP contribution in [0.3, 0.4) is 0 Å². The van der Waals surface area contributed by atoms with E-state index in [0.29, 0.717) is 46.2 Å². The smallest absolute Gasteiger partial charge is 0.389 e. The fourth-order valence-electron chi connectivity index (χ4n) is 4.09. The van der Waals surface area contributed by atoms with Crippen molar-refractivity contribution in [2.75, 3.05) is 18.5 Å². The maximum absolute atomic E-state index is 13.3. The molecule has 0 saturated heterocycles. The Bertz CT molecular complexity index is 1490. The van der Waals surface area contributed by atoms with Crippen LogP contribution in [0.1, 0.15) is 35.7 Å². The molecule has 1 aromatic heterocycles. The number of aromatic nitrogens is 1. The van der Waals surface area contributed by atoms with Gasteiger partial charge in [0.2, 0.25) is 0 Å². The molecule has 0 aliphatic rings. The molecule has 3 aromatic carbocycles. The number of carbonyl (C=O) groups is 1. The summed E-state index contributed by atoms with van der Waals surface area (Å²) in [6, 6.07) is 22.7. The van der Waals surface area contributed by atoms with Crippen molar-refractivity contribution in [3.63, 3.8) is 0 Å². The largest absolute Gasteiger partial charge is 0.494 e. The molecular weight excluding hydrogens is 521 g/mol. The van der Waals surface area contributed by atoms with Gasteiger partial charge in [-0.2, -0.15) is 13.2 Å². The number of amides is 1. The van der Waals surface area contributed by atoms with Crippen molar-refractivity contribution in [1.29, 1.82) is 0 Å². The Hall–Kier alpha value is -4.53. The van der Waals surface area contributed by atoms with Gasteiger partial charge in [-0.25, -0.2) is 0 Å². The van der Waals surface area contributed by atoms with Gasteiger partial charge in [0.25, 0.3) is 11.5 Å². The van der Waals surface area contributed by atoms with E-state index in [-0.39, 0.29) is 18.6 Å². The minimum Gasteiger partial charge on any atom is -0.494 e. The number of hydrogen-bond acceptors (Lipinski definition) is 4. The fourth-order valence-corrected chi connectivity index (χ4v) is 4.09. The number of carbonyl (C=O) groups excluding carboxylic acids is 1. The van der Waals surface area contributed by atoms with Gasteiger partial charge in [0, 0.05) is 23.4 Å². The van der Waals surface area contributed by atoms with Gasteiger partial charge in [-0.3, -0.25) is 9.59 Å². The molecule has 1 amide bonds. The van der Waals surface area contributed by atoms with Gasteiger partial charge in [0.15, 0.2) is 0 Å². The van der Waals surface area contributed by atoms with Crippen LogP contribution in [0, 0.1) is 6.92 Å². The summed E-state index contributed by atoms with van der Waals surface area (Å²) in [5.41, 5.74) is 3.20. The number of rotatable bonds is 10. The fraction of sp³-hybridized carbons (Fsp3) is 0.226. The van der Waals surface area contributed by atoms with E-state index < -0.39 is 24.1 Å². The highest BCUT2D eigenvalue weighted by Crippen LogP contribution is 2.29. The minimum absolute atomic E-state index is 0.0360. The lowest BCUT2D eigenvalue weighted by Gasteiger charge is -2.13. The number of alkyl halides is 3. The van der Waals surface area contributed by atoms with Crippen molar-refractivity contribution in [2.24, 2.45) is 0 Å². The first-order chi connectivity index (χ1) is 19.1. The zero-order valence-corrected chi connectivity index (χ0v) is 22.1. The van der Waals surface area contributed by atoms with Crippen LogP contribution in [-0.2, 0) is 0 Å². The third-order valence-electron chi connectivity index (χ3n) is 6.08. The van der Waals surface area contributed by atoms with Crippen LogP contribution in [-0.4, -0.2) is 30.3 Å². The first kappa shape index (κ1) is 28.5. The van der Waals surface area contributed by atoms with Crippen LogP contribution >= 0.6 is 0 Å². The summed E-state index contributed by atoms with van der Waals surface area (Å²) >= 11 is 0. The molecule has 0 bridgehead atoms. The summed E-state index contributed by atoms with van der Waals surface area (Å²) in [6.07, 6.45) is -5.27. The molecule has 4 aromatic rings. The molecule has 0 aliphatic heterocycles. The van der Waals surface area contributed by atoms with E-state index in [4.69, 9.17) is 9.47 Å². The highest BCUT2D eigenvalue weighted by molar-refractivity contribution is 6.08. The molecule has 0 atom stereocenters. The maximum atomic E-state index is 13.3. The van der Waals surface area contributed by atoms with Gasteiger partial charge in [-0.15, -0.1) is 0 Å². The molecule has 6 nitrogen and oxygen atoms in total. The molecule has 0 unspecified atom stereocenters. The Balaban J connectivity index is 1.61. The second-order valence-electron chi connectivity index (χ2n) is 9.17. The number of aromatic amines is 1. The van der Waals surface area contributed by atoms with E-state index in [1.807, 2.05) is 38.1 Å². The monoisotopic (exact) mass is 550 g/mol. The number of nitrogens with one attached hydrogen (secondary N) is 2. The highest BCUT2D eigenvalue weighted by atomic mass is 19.4. The molecule has 4 rings (SSSR count). The zero-order chi connectivity index (χ0) is 28.7. The standard InChI is InChI=1S/C31H29F3N2O4/c1-3-39-24-15-11-23(12-16-24)35-29(37)28-26(21-7-5-20(2)6-8-21)19-27(36-30(28)38)22-9-13-25(14-10-22)40-18-4-17-31(32,33)34/h5-16,19H,3-4,17-18H2,1-2H3,(H,35,37)(H,36,38). The summed E-state index contributed by atoms with van der Waals surface area (Å²) in [5.74, 6) is 0.522. The van der Waals surface area contributed by atoms with E-state index in [9.17, 15) is 22.8 Å². The number of H-pyrrole nitrogens is 1. The molecule has 208 valence electrons. The number of halogens is 3. The van der Waals surface area contributed by atoms with Crippen LogP contribution in [0.2, 0.25) is 0 Å². The predicted octanol–water partition coefficient (Wildman–Crippen LogP) is 7.39. The Kier molecular flexibility index (Phi) is 8.93. The number of aryl methyl sites for hydroxylation is 1. The van der Waals surface area contributed by atoms with Crippen molar-refractivity contribution in [3.8, 4) is 33.9 Å². The second kappa shape index (κ2) is 12.5. The van der Waals surface area contributed by atoms with Gasteiger partial charge >= 0.3 is 6.18 Å². The van der Waals surface area contributed by atoms with Crippen LogP contribution in [0.25, 0.3) is 22.4 Å². The first-order valence-corrected chi connectivity index (χ1v) is 12.8. The van der Waals surface area contributed by atoms with Crippen LogP contribution in [0.15, 0.2) is 83.7 Å².